The van der Waals surface area contributed by atoms with Gasteiger partial charge in [0.2, 0.25) is 0 Å². The SMILES string of the molecule is CCNCCCCN1CCOCC1CC. The van der Waals surface area contributed by atoms with Crippen molar-refractivity contribution in [3.63, 3.8) is 0 Å². The average molecular weight is 214 g/mol. The molecule has 3 nitrogen and oxygen atoms in total. The molecule has 90 valence electrons. The molecule has 1 saturated heterocycles. The molecule has 1 rings (SSSR count). The Morgan fingerprint density at radius 3 is 2.93 bits per heavy atom. The zero-order valence-electron chi connectivity index (χ0n) is 10.3. The molecule has 0 aliphatic carbocycles. The summed E-state index contributed by atoms with van der Waals surface area (Å²) in [6, 6.07) is 0.665. The van der Waals surface area contributed by atoms with Crippen molar-refractivity contribution >= 4 is 0 Å². The molecule has 1 aliphatic rings. The van der Waals surface area contributed by atoms with E-state index in [2.05, 4.69) is 24.1 Å². The molecular weight excluding hydrogens is 188 g/mol. The van der Waals surface area contributed by atoms with Crippen molar-refractivity contribution in [3.05, 3.63) is 0 Å². The normalized spacial score (nSPS) is 23.2. The van der Waals surface area contributed by atoms with E-state index in [1.807, 2.05) is 0 Å². The fourth-order valence-electron chi connectivity index (χ4n) is 2.10. The van der Waals surface area contributed by atoms with E-state index in [0.29, 0.717) is 6.04 Å². The van der Waals surface area contributed by atoms with Crippen LogP contribution in [0.5, 0.6) is 0 Å². The van der Waals surface area contributed by atoms with Gasteiger partial charge in [-0.25, -0.2) is 0 Å². The Hall–Kier alpha value is -0.120. The van der Waals surface area contributed by atoms with Crippen molar-refractivity contribution in [1.82, 2.24) is 10.2 Å². The Morgan fingerprint density at radius 1 is 1.33 bits per heavy atom. The third kappa shape index (κ3) is 4.96. The van der Waals surface area contributed by atoms with Crippen LogP contribution in [0.3, 0.4) is 0 Å². The molecule has 0 radical (unpaired) electrons. The number of unbranched alkanes of at least 4 members (excludes halogenated alkanes) is 1. The fourth-order valence-corrected chi connectivity index (χ4v) is 2.10. The highest BCUT2D eigenvalue weighted by Crippen LogP contribution is 2.10. The van der Waals surface area contributed by atoms with Gasteiger partial charge < -0.3 is 10.1 Å². The van der Waals surface area contributed by atoms with Gasteiger partial charge >= 0.3 is 0 Å². The molecule has 0 saturated carbocycles. The smallest absolute Gasteiger partial charge is 0.0622 e. The van der Waals surface area contributed by atoms with E-state index >= 15 is 0 Å². The van der Waals surface area contributed by atoms with Gasteiger partial charge in [-0.05, 0) is 38.9 Å². The second kappa shape index (κ2) is 8.08. The minimum absolute atomic E-state index is 0.665. The van der Waals surface area contributed by atoms with Gasteiger partial charge in [-0.3, -0.25) is 4.90 Å². The van der Waals surface area contributed by atoms with E-state index in [1.54, 1.807) is 0 Å². The number of nitrogens with one attached hydrogen (secondary N) is 1. The van der Waals surface area contributed by atoms with Crippen molar-refractivity contribution in [2.45, 2.75) is 39.2 Å². The van der Waals surface area contributed by atoms with E-state index < -0.39 is 0 Å². The van der Waals surface area contributed by atoms with Gasteiger partial charge in [0.1, 0.15) is 0 Å². The maximum absolute atomic E-state index is 5.49. The minimum atomic E-state index is 0.665. The highest BCUT2D eigenvalue weighted by molar-refractivity contribution is 4.73. The van der Waals surface area contributed by atoms with Crippen LogP contribution in [0.25, 0.3) is 0 Å². The van der Waals surface area contributed by atoms with Gasteiger partial charge in [0.25, 0.3) is 0 Å². The monoisotopic (exact) mass is 214 g/mol. The first-order valence-electron chi connectivity index (χ1n) is 6.41. The van der Waals surface area contributed by atoms with Crippen molar-refractivity contribution in [1.29, 1.82) is 0 Å². The predicted octanol–water partition coefficient (Wildman–Crippen LogP) is 1.49. The Labute approximate surface area is 94.2 Å². The first-order chi connectivity index (χ1) is 7.38. The first-order valence-corrected chi connectivity index (χ1v) is 6.41. The average Bonchev–Trinajstić information content (AvgIpc) is 2.29. The molecule has 15 heavy (non-hydrogen) atoms. The summed E-state index contributed by atoms with van der Waals surface area (Å²) in [5.74, 6) is 0. The van der Waals surface area contributed by atoms with E-state index in [1.165, 1.54) is 25.8 Å². The van der Waals surface area contributed by atoms with E-state index in [-0.39, 0.29) is 0 Å². The van der Waals surface area contributed by atoms with Crippen LogP contribution < -0.4 is 5.32 Å². The summed E-state index contributed by atoms with van der Waals surface area (Å²) < 4.78 is 5.49. The summed E-state index contributed by atoms with van der Waals surface area (Å²) in [6.45, 7) is 10.9. The van der Waals surface area contributed by atoms with Crippen molar-refractivity contribution in [2.75, 3.05) is 39.4 Å². The molecule has 0 bridgehead atoms. The Morgan fingerprint density at radius 2 is 2.20 bits per heavy atom. The fraction of sp³-hybridized carbons (Fsp3) is 1.00. The van der Waals surface area contributed by atoms with Crippen LogP contribution in [0.4, 0.5) is 0 Å². The zero-order valence-corrected chi connectivity index (χ0v) is 10.3. The Kier molecular flexibility index (Phi) is 6.98. The predicted molar refractivity (Wildman–Crippen MR) is 64.2 cm³/mol. The summed E-state index contributed by atoms with van der Waals surface area (Å²) in [4.78, 5) is 2.59. The topological polar surface area (TPSA) is 24.5 Å². The molecule has 1 heterocycles. The van der Waals surface area contributed by atoms with Crippen molar-refractivity contribution in [3.8, 4) is 0 Å². The number of morpholine rings is 1. The first kappa shape index (κ1) is 12.9. The molecule has 0 aromatic rings. The third-order valence-corrected chi connectivity index (χ3v) is 3.12. The lowest BCUT2D eigenvalue weighted by atomic mass is 10.1. The minimum Gasteiger partial charge on any atom is -0.378 e. The lowest BCUT2D eigenvalue weighted by molar-refractivity contribution is -0.00909. The van der Waals surface area contributed by atoms with Crippen LogP contribution in [-0.4, -0.2) is 50.3 Å². The summed E-state index contributed by atoms with van der Waals surface area (Å²) in [6.07, 6.45) is 3.82. The maximum Gasteiger partial charge on any atom is 0.0622 e. The van der Waals surface area contributed by atoms with E-state index in [9.17, 15) is 0 Å². The van der Waals surface area contributed by atoms with Gasteiger partial charge in [0.05, 0.1) is 13.2 Å². The summed E-state index contributed by atoms with van der Waals surface area (Å²) in [5.41, 5.74) is 0. The molecule has 0 aromatic heterocycles. The Bertz CT molecular complexity index is 153. The molecule has 0 spiro atoms. The number of nitrogens with zero attached hydrogens (tertiary/aromatic N) is 1. The lowest BCUT2D eigenvalue weighted by Gasteiger charge is -2.35. The standard InChI is InChI=1S/C12H26N2O/c1-3-12-11-15-10-9-14(12)8-6-5-7-13-4-2/h12-13H,3-11H2,1-2H3. The molecular formula is C12H26N2O. The van der Waals surface area contributed by atoms with E-state index in [4.69, 9.17) is 4.74 Å². The summed E-state index contributed by atoms with van der Waals surface area (Å²) in [7, 11) is 0. The van der Waals surface area contributed by atoms with Crippen molar-refractivity contribution in [2.24, 2.45) is 0 Å². The number of hydrogen-bond acceptors (Lipinski definition) is 3. The quantitative estimate of drug-likeness (QED) is 0.650. The summed E-state index contributed by atoms with van der Waals surface area (Å²) in [5, 5.41) is 3.37. The van der Waals surface area contributed by atoms with Gasteiger partial charge in [0, 0.05) is 12.6 Å². The Balaban J connectivity index is 2.07. The highest BCUT2D eigenvalue weighted by Gasteiger charge is 2.20. The van der Waals surface area contributed by atoms with Crippen LogP contribution >= 0.6 is 0 Å². The lowest BCUT2D eigenvalue weighted by Crippen LogP contribution is -2.45. The van der Waals surface area contributed by atoms with Crippen LogP contribution in [0, 0.1) is 0 Å². The van der Waals surface area contributed by atoms with E-state index in [0.717, 1.165) is 32.8 Å². The second-order valence-corrected chi connectivity index (χ2v) is 4.23. The zero-order chi connectivity index (χ0) is 10.9. The largest absolute Gasteiger partial charge is 0.378 e. The molecule has 1 aliphatic heterocycles. The molecule has 1 N–H and O–H groups in total. The molecule has 0 aromatic carbocycles. The van der Waals surface area contributed by atoms with Gasteiger partial charge in [-0.15, -0.1) is 0 Å². The van der Waals surface area contributed by atoms with Gasteiger partial charge in [-0.1, -0.05) is 13.8 Å². The molecule has 1 unspecified atom stereocenters. The second-order valence-electron chi connectivity index (χ2n) is 4.23. The number of rotatable bonds is 7. The van der Waals surface area contributed by atoms with Crippen LogP contribution in [0.1, 0.15) is 33.1 Å². The van der Waals surface area contributed by atoms with Gasteiger partial charge in [-0.2, -0.15) is 0 Å². The number of ether oxygens (including phenoxy) is 1. The number of hydrogen-bond donors (Lipinski definition) is 1. The molecule has 0 amide bonds. The van der Waals surface area contributed by atoms with Crippen LogP contribution in [0.15, 0.2) is 0 Å². The highest BCUT2D eigenvalue weighted by atomic mass is 16.5. The van der Waals surface area contributed by atoms with Crippen LogP contribution in [-0.2, 0) is 4.74 Å². The molecule has 1 atom stereocenters. The maximum atomic E-state index is 5.49. The molecule has 1 fully saturated rings. The third-order valence-electron chi connectivity index (χ3n) is 3.12. The van der Waals surface area contributed by atoms with Crippen molar-refractivity contribution < 1.29 is 4.74 Å². The summed E-state index contributed by atoms with van der Waals surface area (Å²) >= 11 is 0. The molecule has 3 heteroatoms. The van der Waals surface area contributed by atoms with Gasteiger partial charge in [0.15, 0.2) is 0 Å². The van der Waals surface area contributed by atoms with Crippen LogP contribution in [0.2, 0.25) is 0 Å².